The summed E-state index contributed by atoms with van der Waals surface area (Å²) in [5.41, 5.74) is 1.83. The first-order chi connectivity index (χ1) is 19.7. The number of aromatic hydroxyl groups is 1. The maximum atomic E-state index is 12.9. The van der Waals surface area contributed by atoms with Crippen LogP contribution in [0.5, 0.6) is 11.5 Å². The molecular formula is C31H39F5O5S. The fourth-order valence-electron chi connectivity index (χ4n) is 5.55. The first-order valence-corrected chi connectivity index (χ1v) is 15.8. The molecule has 2 aromatic rings. The van der Waals surface area contributed by atoms with Crippen molar-refractivity contribution in [2.45, 2.75) is 94.6 Å². The molecule has 1 aliphatic heterocycles. The highest BCUT2D eigenvalue weighted by molar-refractivity contribution is 7.84. The van der Waals surface area contributed by atoms with Gasteiger partial charge in [-0.15, -0.1) is 0 Å². The Hall–Kier alpha value is -2.69. The normalized spacial score (nSPS) is 19.6. The SMILES string of the molecule is CC1(c2ccc(C(=O)O)cc2)COc2cc(O)ccc2C1CCCCCCCCCS(=O)CCCC(F)(F)C(F)(F)F. The molecule has 0 saturated carbocycles. The molecule has 1 aliphatic rings. The third kappa shape index (κ3) is 8.91. The van der Waals surface area contributed by atoms with Gasteiger partial charge in [-0.3, -0.25) is 4.21 Å². The lowest BCUT2D eigenvalue weighted by Crippen LogP contribution is -2.40. The van der Waals surface area contributed by atoms with E-state index < -0.39 is 41.7 Å². The number of halogens is 5. The van der Waals surface area contributed by atoms with Crippen LogP contribution in [0.2, 0.25) is 0 Å². The Morgan fingerprint density at radius 2 is 1.52 bits per heavy atom. The summed E-state index contributed by atoms with van der Waals surface area (Å²) in [6.45, 7) is 2.52. The average molecular weight is 619 g/mol. The molecule has 0 radical (unpaired) electrons. The number of carboxylic acid groups (broad SMARTS) is 1. The number of benzene rings is 2. The number of hydrogen-bond acceptors (Lipinski definition) is 4. The molecule has 3 atom stereocenters. The van der Waals surface area contributed by atoms with E-state index in [1.165, 1.54) is 0 Å². The minimum absolute atomic E-state index is 0.101. The molecule has 0 bridgehead atoms. The summed E-state index contributed by atoms with van der Waals surface area (Å²) in [5, 5.41) is 19.2. The second-order valence-corrected chi connectivity index (χ2v) is 13.0. The van der Waals surface area contributed by atoms with E-state index >= 15 is 0 Å². The van der Waals surface area contributed by atoms with Gasteiger partial charge in [-0.05, 0) is 48.6 Å². The summed E-state index contributed by atoms with van der Waals surface area (Å²) >= 11 is 0. The molecule has 11 heteroatoms. The Balaban J connectivity index is 1.42. The molecular weight excluding hydrogens is 579 g/mol. The maximum absolute atomic E-state index is 12.9. The highest BCUT2D eigenvalue weighted by Gasteiger charge is 2.56. The highest BCUT2D eigenvalue weighted by Crippen LogP contribution is 2.49. The molecule has 3 rings (SSSR count). The quantitative estimate of drug-likeness (QED) is 0.146. The van der Waals surface area contributed by atoms with Gasteiger partial charge in [0.05, 0.1) is 12.2 Å². The van der Waals surface area contributed by atoms with Crippen molar-refractivity contribution in [1.82, 2.24) is 0 Å². The molecule has 2 aromatic carbocycles. The fourth-order valence-corrected chi connectivity index (χ4v) is 6.75. The van der Waals surface area contributed by atoms with E-state index in [2.05, 4.69) is 6.92 Å². The molecule has 234 valence electrons. The fraction of sp³-hybridized carbons (Fsp3) is 0.581. The van der Waals surface area contributed by atoms with Crippen LogP contribution < -0.4 is 4.74 Å². The third-order valence-corrected chi connectivity index (χ3v) is 9.59. The monoisotopic (exact) mass is 618 g/mol. The van der Waals surface area contributed by atoms with Crippen LogP contribution in [0.3, 0.4) is 0 Å². The van der Waals surface area contributed by atoms with Gasteiger partial charge in [-0.25, -0.2) is 4.79 Å². The van der Waals surface area contributed by atoms with Crippen LogP contribution in [0.4, 0.5) is 22.0 Å². The molecule has 0 amide bonds. The molecule has 1 heterocycles. The van der Waals surface area contributed by atoms with Crippen LogP contribution >= 0.6 is 0 Å². The predicted octanol–water partition coefficient (Wildman–Crippen LogP) is 8.37. The van der Waals surface area contributed by atoms with Gasteiger partial charge in [0.1, 0.15) is 11.5 Å². The number of aromatic carboxylic acids is 1. The van der Waals surface area contributed by atoms with Crippen LogP contribution in [-0.4, -0.2) is 50.6 Å². The van der Waals surface area contributed by atoms with Crippen LogP contribution in [0, 0.1) is 0 Å². The number of ether oxygens (including phenoxy) is 1. The largest absolute Gasteiger partial charge is 0.508 e. The van der Waals surface area contributed by atoms with E-state index in [-0.39, 0.29) is 28.4 Å². The van der Waals surface area contributed by atoms with E-state index in [9.17, 15) is 41.2 Å². The molecule has 0 aromatic heterocycles. The number of carbonyl (C=O) groups is 1. The summed E-state index contributed by atoms with van der Waals surface area (Å²) in [7, 11) is -1.40. The van der Waals surface area contributed by atoms with Crippen molar-refractivity contribution in [3.63, 3.8) is 0 Å². The Bertz CT molecular complexity index is 1200. The zero-order valence-electron chi connectivity index (χ0n) is 23.7. The average Bonchev–Trinajstić information content (AvgIpc) is 2.92. The molecule has 0 spiro atoms. The maximum Gasteiger partial charge on any atom is 0.453 e. The van der Waals surface area contributed by atoms with Crippen LogP contribution in [0.25, 0.3) is 0 Å². The zero-order chi connectivity index (χ0) is 31.0. The van der Waals surface area contributed by atoms with Crippen LogP contribution in [-0.2, 0) is 16.2 Å². The lowest BCUT2D eigenvalue weighted by molar-refractivity contribution is -0.284. The van der Waals surface area contributed by atoms with Crippen molar-refractivity contribution < 1.29 is 45.9 Å². The second kappa shape index (κ2) is 14.7. The Morgan fingerprint density at radius 1 is 0.929 bits per heavy atom. The summed E-state index contributed by atoms with van der Waals surface area (Å²) < 4.78 is 80.5. The van der Waals surface area contributed by atoms with Crippen LogP contribution in [0.15, 0.2) is 42.5 Å². The smallest absolute Gasteiger partial charge is 0.453 e. The summed E-state index contributed by atoms with van der Waals surface area (Å²) in [6.07, 6.45) is -0.103. The lowest BCUT2D eigenvalue weighted by atomic mass is 9.66. The van der Waals surface area contributed by atoms with Crippen molar-refractivity contribution in [1.29, 1.82) is 0 Å². The molecule has 0 saturated heterocycles. The van der Waals surface area contributed by atoms with Crippen molar-refractivity contribution in [3.05, 3.63) is 59.2 Å². The first kappa shape index (κ1) is 33.8. The number of hydrogen-bond donors (Lipinski definition) is 2. The topological polar surface area (TPSA) is 83.8 Å². The lowest BCUT2D eigenvalue weighted by Gasteiger charge is -2.43. The van der Waals surface area contributed by atoms with E-state index in [0.29, 0.717) is 24.5 Å². The molecule has 3 unspecified atom stereocenters. The molecule has 0 fully saturated rings. The minimum Gasteiger partial charge on any atom is -0.508 e. The number of phenolic OH excluding ortho intramolecular Hbond substituents is 1. The third-order valence-electron chi connectivity index (χ3n) is 8.10. The molecule has 5 nitrogen and oxygen atoms in total. The standard InChI is InChI=1S/C31H39F5O5S/c1-29(23-13-11-22(12-14-23)28(38)39)21-41-27-20-24(37)15-16-25(27)26(29)10-7-5-3-2-4-6-8-18-42(40)19-9-17-30(32,33)31(34,35)36/h11-16,20,26,37H,2-10,17-19,21H2,1H3,(H,38,39). The number of carboxylic acids is 1. The van der Waals surface area contributed by atoms with E-state index in [4.69, 9.17) is 4.74 Å². The Labute approximate surface area is 245 Å². The second-order valence-electron chi connectivity index (χ2n) is 11.3. The van der Waals surface area contributed by atoms with Gasteiger partial charge in [-0.1, -0.05) is 63.6 Å². The van der Waals surface area contributed by atoms with Gasteiger partial charge in [-0.2, -0.15) is 22.0 Å². The number of alkyl halides is 5. The summed E-state index contributed by atoms with van der Waals surface area (Å²) in [6, 6.07) is 12.1. The van der Waals surface area contributed by atoms with Crippen LogP contribution in [0.1, 0.15) is 98.5 Å². The van der Waals surface area contributed by atoms with E-state index in [0.717, 1.165) is 56.1 Å². The van der Waals surface area contributed by atoms with Crippen molar-refractivity contribution >= 4 is 16.8 Å². The van der Waals surface area contributed by atoms with Gasteiger partial charge >= 0.3 is 18.1 Å². The Kier molecular flexibility index (Phi) is 11.8. The molecule has 2 N–H and O–H groups in total. The van der Waals surface area contributed by atoms with Gasteiger partial charge < -0.3 is 14.9 Å². The van der Waals surface area contributed by atoms with Gasteiger partial charge in [0.2, 0.25) is 0 Å². The number of phenols is 1. The van der Waals surface area contributed by atoms with Gasteiger partial charge in [0, 0.05) is 46.1 Å². The van der Waals surface area contributed by atoms with E-state index in [1.54, 1.807) is 24.3 Å². The van der Waals surface area contributed by atoms with Crippen molar-refractivity contribution in [2.75, 3.05) is 18.1 Å². The molecule has 42 heavy (non-hydrogen) atoms. The van der Waals surface area contributed by atoms with E-state index in [1.807, 2.05) is 18.2 Å². The Morgan fingerprint density at radius 3 is 2.14 bits per heavy atom. The minimum atomic E-state index is -5.57. The zero-order valence-corrected chi connectivity index (χ0v) is 24.5. The summed E-state index contributed by atoms with van der Waals surface area (Å²) in [4.78, 5) is 11.3. The highest BCUT2D eigenvalue weighted by atomic mass is 32.2. The summed E-state index contributed by atoms with van der Waals surface area (Å²) in [5.74, 6) is -4.67. The predicted molar refractivity (Wildman–Crippen MR) is 152 cm³/mol. The number of rotatable bonds is 16. The van der Waals surface area contributed by atoms with Crippen molar-refractivity contribution in [3.8, 4) is 11.5 Å². The van der Waals surface area contributed by atoms with Crippen molar-refractivity contribution in [2.24, 2.45) is 0 Å². The van der Waals surface area contributed by atoms with Gasteiger partial charge in [0.15, 0.2) is 0 Å². The van der Waals surface area contributed by atoms with Gasteiger partial charge in [0.25, 0.3) is 0 Å². The number of unbranched alkanes of at least 4 members (excludes halogenated alkanes) is 6. The number of fused-ring (bicyclic) bond motifs is 1. The molecule has 0 aliphatic carbocycles. The first-order valence-electron chi connectivity index (χ1n) is 14.3.